The van der Waals surface area contributed by atoms with Gasteiger partial charge in [0, 0.05) is 0 Å². The van der Waals surface area contributed by atoms with Crippen LogP contribution in [0, 0.1) is 0 Å². The number of nitrogens with zero attached hydrogens (tertiary/aromatic N) is 2. The molecule has 1 aromatic heterocycles. The van der Waals surface area contributed by atoms with E-state index in [0.29, 0.717) is 6.04 Å². The summed E-state index contributed by atoms with van der Waals surface area (Å²) in [5.74, 6) is 0.210. The summed E-state index contributed by atoms with van der Waals surface area (Å²) in [6.07, 6.45) is 6.55. The molecular weight excluding hydrogens is 180 g/mol. The lowest BCUT2D eigenvalue weighted by atomic mass is 9.84. The average Bonchev–Trinajstić information content (AvgIpc) is 2.52. The van der Waals surface area contributed by atoms with Crippen molar-refractivity contribution in [2.75, 3.05) is 0 Å². The second kappa shape index (κ2) is 3.28. The van der Waals surface area contributed by atoms with E-state index >= 15 is 0 Å². The van der Waals surface area contributed by atoms with Gasteiger partial charge in [0.05, 0.1) is 24.0 Å². The van der Waals surface area contributed by atoms with Crippen LogP contribution in [0.3, 0.4) is 0 Å². The molecule has 78 valence electrons. The van der Waals surface area contributed by atoms with Crippen molar-refractivity contribution in [1.29, 1.82) is 0 Å². The van der Waals surface area contributed by atoms with E-state index in [1.54, 1.807) is 10.9 Å². The predicted molar refractivity (Wildman–Crippen MR) is 52.0 cm³/mol. The van der Waals surface area contributed by atoms with Gasteiger partial charge in [-0.25, -0.2) is 0 Å². The molecule has 0 saturated heterocycles. The van der Waals surface area contributed by atoms with Crippen molar-refractivity contribution >= 4 is 0 Å². The third kappa shape index (κ3) is 1.90. The summed E-state index contributed by atoms with van der Waals surface area (Å²) in [7, 11) is 0. The van der Waals surface area contributed by atoms with Gasteiger partial charge in [0.2, 0.25) is 0 Å². The predicted octanol–water partition coefficient (Wildman–Crippen LogP) is 1.45. The highest BCUT2D eigenvalue weighted by atomic mass is 16.3. The van der Waals surface area contributed by atoms with Gasteiger partial charge in [-0.2, -0.15) is 5.10 Å². The molecular formula is C10H16N2O2. The molecule has 1 heterocycles. The number of hydrogen-bond donors (Lipinski definition) is 2. The first-order valence-corrected chi connectivity index (χ1v) is 5.02. The van der Waals surface area contributed by atoms with E-state index in [2.05, 4.69) is 5.10 Å². The van der Waals surface area contributed by atoms with Crippen LogP contribution in [0.5, 0.6) is 5.75 Å². The number of hydrogen-bond acceptors (Lipinski definition) is 3. The van der Waals surface area contributed by atoms with E-state index in [4.69, 9.17) is 5.11 Å². The number of aromatic hydroxyl groups is 1. The summed E-state index contributed by atoms with van der Waals surface area (Å²) in [6, 6.07) is 0.330. The van der Waals surface area contributed by atoms with Gasteiger partial charge in [-0.05, 0) is 32.6 Å². The maximum Gasteiger partial charge on any atom is 0.153 e. The second-order valence-electron chi connectivity index (χ2n) is 4.41. The van der Waals surface area contributed by atoms with Gasteiger partial charge in [0.1, 0.15) is 0 Å². The van der Waals surface area contributed by atoms with Crippen LogP contribution in [-0.4, -0.2) is 25.6 Å². The number of rotatable bonds is 1. The van der Waals surface area contributed by atoms with E-state index in [1.807, 2.05) is 6.92 Å². The molecule has 0 aromatic carbocycles. The molecule has 2 N–H and O–H groups in total. The third-order valence-electron chi connectivity index (χ3n) is 2.99. The minimum atomic E-state index is -0.508. The smallest absolute Gasteiger partial charge is 0.153 e. The molecule has 0 atom stereocenters. The summed E-state index contributed by atoms with van der Waals surface area (Å²) >= 11 is 0. The van der Waals surface area contributed by atoms with Crippen LogP contribution in [0.15, 0.2) is 12.4 Å². The molecule has 0 radical (unpaired) electrons. The molecule has 2 rings (SSSR count). The Morgan fingerprint density at radius 2 is 2.14 bits per heavy atom. The maximum atomic E-state index is 9.77. The Balaban J connectivity index is 2.02. The van der Waals surface area contributed by atoms with Crippen LogP contribution in [0.2, 0.25) is 0 Å². The highest BCUT2D eigenvalue weighted by molar-refractivity contribution is 5.09. The van der Waals surface area contributed by atoms with E-state index < -0.39 is 5.60 Å². The molecule has 1 aromatic rings. The Bertz CT molecular complexity index is 310. The largest absolute Gasteiger partial charge is 0.505 e. The van der Waals surface area contributed by atoms with Crippen LogP contribution in [-0.2, 0) is 0 Å². The van der Waals surface area contributed by atoms with Gasteiger partial charge >= 0.3 is 0 Å². The van der Waals surface area contributed by atoms with Crippen LogP contribution < -0.4 is 0 Å². The topological polar surface area (TPSA) is 58.3 Å². The van der Waals surface area contributed by atoms with Crippen molar-refractivity contribution in [2.45, 2.75) is 44.2 Å². The molecule has 1 saturated carbocycles. The summed E-state index contributed by atoms with van der Waals surface area (Å²) in [4.78, 5) is 0. The van der Waals surface area contributed by atoms with Gasteiger partial charge in [-0.1, -0.05) is 0 Å². The monoisotopic (exact) mass is 196 g/mol. The summed E-state index contributed by atoms with van der Waals surface area (Å²) < 4.78 is 1.80. The van der Waals surface area contributed by atoms with E-state index in [0.717, 1.165) is 25.7 Å². The Hall–Kier alpha value is -1.03. The number of aromatic nitrogens is 2. The van der Waals surface area contributed by atoms with Gasteiger partial charge in [-0.3, -0.25) is 4.68 Å². The first kappa shape index (κ1) is 9.52. The molecule has 14 heavy (non-hydrogen) atoms. The van der Waals surface area contributed by atoms with Crippen molar-refractivity contribution in [3.63, 3.8) is 0 Å². The summed E-state index contributed by atoms with van der Waals surface area (Å²) in [6.45, 7) is 1.88. The van der Waals surface area contributed by atoms with Crippen molar-refractivity contribution in [2.24, 2.45) is 0 Å². The minimum Gasteiger partial charge on any atom is -0.505 e. The van der Waals surface area contributed by atoms with Gasteiger partial charge < -0.3 is 10.2 Å². The fourth-order valence-corrected chi connectivity index (χ4v) is 2.02. The van der Waals surface area contributed by atoms with E-state index in [1.165, 1.54) is 6.20 Å². The van der Waals surface area contributed by atoms with Crippen LogP contribution in [0.25, 0.3) is 0 Å². The average molecular weight is 196 g/mol. The highest BCUT2D eigenvalue weighted by Gasteiger charge is 2.29. The quantitative estimate of drug-likeness (QED) is 0.714. The van der Waals surface area contributed by atoms with E-state index in [9.17, 15) is 5.11 Å². The van der Waals surface area contributed by atoms with Gasteiger partial charge in [-0.15, -0.1) is 0 Å². The molecule has 4 heteroatoms. The number of aliphatic hydroxyl groups is 1. The molecule has 0 unspecified atom stereocenters. The molecule has 1 aliphatic carbocycles. The first-order chi connectivity index (χ1) is 6.57. The lowest BCUT2D eigenvalue weighted by molar-refractivity contribution is 0.00850. The van der Waals surface area contributed by atoms with Crippen LogP contribution in [0.1, 0.15) is 38.6 Å². The second-order valence-corrected chi connectivity index (χ2v) is 4.41. The van der Waals surface area contributed by atoms with Crippen molar-refractivity contribution in [1.82, 2.24) is 9.78 Å². The van der Waals surface area contributed by atoms with Crippen molar-refractivity contribution < 1.29 is 10.2 Å². The SMILES string of the molecule is CC1(O)CCC(n2cc(O)cn2)CC1. The first-order valence-electron chi connectivity index (χ1n) is 5.02. The zero-order chi connectivity index (χ0) is 10.2. The summed E-state index contributed by atoms with van der Waals surface area (Å²) in [5, 5.41) is 23.0. The van der Waals surface area contributed by atoms with Gasteiger partial charge in [0.15, 0.2) is 5.75 Å². The van der Waals surface area contributed by atoms with Crippen molar-refractivity contribution in [3.8, 4) is 5.75 Å². The Morgan fingerprint density at radius 3 is 2.64 bits per heavy atom. The van der Waals surface area contributed by atoms with Crippen LogP contribution in [0.4, 0.5) is 0 Å². The molecule has 0 spiro atoms. The fraction of sp³-hybridized carbons (Fsp3) is 0.700. The zero-order valence-electron chi connectivity index (χ0n) is 8.35. The summed E-state index contributed by atoms with van der Waals surface area (Å²) in [5.41, 5.74) is -0.508. The molecule has 0 aliphatic heterocycles. The molecule has 0 bridgehead atoms. The maximum absolute atomic E-state index is 9.77. The normalized spacial score (nSPS) is 33.1. The molecule has 0 amide bonds. The van der Waals surface area contributed by atoms with Gasteiger partial charge in [0.25, 0.3) is 0 Å². The van der Waals surface area contributed by atoms with Crippen molar-refractivity contribution in [3.05, 3.63) is 12.4 Å². The Labute approximate surface area is 83.2 Å². The third-order valence-corrected chi connectivity index (χ3v) is 2.99. The minimum absolute atomic E-state index is 0.210. The fourth-order valence-electron chi connectivity index (χ4n) is 2.02. The zero-order valence-corrected chi connectivity index (χ0v) is 8.35. The molecule has 1 fully saturated rings. The Morgan fingerprint density at radius 1 is 1.50 bits per heavy atom. The lowest BCUT2D eigenvalue weighted by Crippen LogP contribution is -2.31. The van der Waals surface area contributed by atoms with E-state index in [-0.39, 0.29) is 5.75 Å². The Kier molecular flexibility index (Phi) is 2.23. The van der Waals surface area contributed by atoms with Crippen LogP contribution >= 0.6 is 0 Å². The molecule has 4 nitrogen and oxygen atoms in total. The standard InChI is InChI=1S/C10H16N2O2/c1-10(14)4-2-8(3-5-10)12-7-9(13)6-11-12/h6-8,13-14H,2-5H2,1H3. The molecule has 1 aliphatic rings. The lowest BCUT2D eigenvalue weighted by Gasteiger charge is -2.32. The highest BCUT2D eigenvalue weighted by Crippen LogP contribution is 2.34.